The SMILES string of the molecule is COc1cc(OC)c(-n2nnc(-c3nc(-c4ccccc4)no3)c2C)cc1Cl. The van der Waals surface area contributed by atoms with Crippen molar-refractivity contribution in [1.29, 1.82) is 0 Å². The summed E-state index contributed by atoms with van der Waals surface area (Å²) in [5.74, 6) is 1.80. The van der Waals surface area contributed by atoms with Gasteiger partial charge >= 0.3 is 0 Å². The van der Waals surface area contributed by atoms with Crippen molar-refractivity contribution in [3.63, 3.8) is 0 Å². The largest absolute Gasteiger partial charge is 0.495 e. The highest BCUT2D eigenvalue weighted by molar-refractivity contribution is 6.32. The van der Waals surface area contributed by atoms with Gasteiger partial charge in [-0.05, 0) is 13.0 Å². The fourth-order valence-corrected chi connectivity index (χ4v) is 3.02. The maximum atomic E-state index is 6.27. The average molecular weight is 398 g/mol. The van der Waals surface area contributed by atoms with Crippen LogP contribution in [0, 0.1) is 6.92 Å². The Hall–Kier alpha value is -3.39. The first kappa shape index (κ1) is 18.0. The Morgan fingerprint density at radius 3 is 2.50 bits per heavy atom. The fraction of sp³-hybridized carbons (Fsp3) is 0.158. The third-order valence-corrected chi connectivity index (χ3v) is 4.53. The summed E-state index contributed by atoms with van der Waals surface area (Å²) >= 11 is 6.27. The van der Waals surface area contributed by atoms with Crippen molar-refractivity contribution in [2.24, 2.45) is 0 Å². The van der Waals surface area contributed by atoms with Gasteiger partial charge < -0.3 is 14.0 Å². The molecule has 28 heavy (non-hydrogen) atoms. The zero-order valence-electron chi connectivity index (χ0n) is 15.4. The molecule has 2 heterocycles. The zero-order valence-corrected chi connectivity index (χ0v) is 16.1. The van der Waals surface area contributed by atoms with Crippen LogP contribution in [0.2, 0.25) is 5.02 Å². The lowest BCUT2D eigenvalue weighted by Crippen LogP contribution is -2.03. The molecule has 2 aromatic heterocycles. The molecule has 0 saturated heterocycles. The van der Waals surface area contributed by atoms with E-state index in [1.807, 2.05) is 37.3 Å². The van der Waals surface area contributed by atoms with Crippen molar-refractivity contribution in [1.82, 2.24) is 25.1 Å². The van der Waals surface area contributed by atoms with E-state index in [0.717, 1.165) is 5.56 Å². The second-order valence-corrected chi connectivity index (χ2v) is 6.29. The minimum atomic E-state index is 0.279. The highest BCUT2D eigenvalue weighted by Gasteiger charge is 2.21. The molecule has 8 nitrogen and oxygen atoms in total. The molecule has 0 spiro atoms. The lowest BCUT2D eigenvalue weighted by atomic mass is 10.2. The number of methoxy groups -OCH3 is 2. The third-order valence-electron chi connectivity index (χ3n) is 4.24. The van der Waals surface area contributed by atoms with Gasteiger partial charge in [-0.1, -0.05) is 52.3 Å². The lowest BCUT2D eigenvalue weighted by Gasteiger charge is -2.12. The van der Waals surface area contributed by atoms with Gasteiger partial charge in [-0.2, -0.15) is 4.98 Å². The number of rotatable bonds is 5. The molecule has 9 heteroatoms. The first-order valence-electron chi connectivity index (χ1n) is 8.36. The number of nitrogens with zero attached hydrogens (tertiary/aromatic N) is 5. The molecule has 0 radical (unpaired) electrons. The van der Waals surface area contributed by atoms with E-state index >= 15 is 0 Å². The summed E-state index contributed by atoms with van der Waals surface area (Å²) in [6.07, 6.45) is 0. The molecule has 0 aliphatic carbocycles. The van der Waals surface area contributed by atoms with E-state index in [1.165, 1.54) is 0 Å². The smallest absolute Gasteiger partial charge is 0.280 e. The van der Waals surface area contributed by atoms with Gasteiger partial charge in [0.15, 0.2) is 5.69 Å². The van der Waals surface area contributed by atoms with Crippen molar-refractivity contribution in [2.75, 3.05) is 14.2 Å². The molecule has 0 fully saturated rings. The molecule has 142 valence electrons. The first-order valence-corrected chi connectivity index (χ1v) is 8.74. The van der Waals surface area contributed by atoms with Crippen LogP contribution < -0.4 is 9.47 Å². The second kappa shape index (κ2) is 7.32. The van der Waals surface area contributed by atoms with Gasteiger partial charge in [-0.3, -0.25) is 0 Å². The Labute approximate surface area is 165 Å². The summed E-state index contributed by atoms with van der Waals surface area (Å²) in [7, 11) is 3.10. The first-order chi connectivity index (χ1) is 13.6. The second-order valence-electron chi connectivity index (χ2n) is 5.88. The predicted octanol–water partition coefficient (Wildman–Crippen LogP) is 3.96. The van der Waals surface area contributed by atoms with E-state index in [4.69, 9.17) is 25.6 Å². The minimum absolute atomic E-state index is 0.279. The van der Waals surface area contributed by atoms with Crippen LogP contribution in [-0.4, -0.2) is 39.4 Å². The zero-order chi connectivity index (χ0) is 19.7. The molecule has 0 aliphatic rings. The summed E-state index contributed by atoms with van der Waals surface area (Å²) in [5.41, 5.74) is 2.64. The highest BCUT2D eigenvalue weighted by atomic mass is 35.5. The third kappa shape index (κ3) is 3.07. The Bertz CT molecular complexity index is 1120. The number of hydrogen-bond donors (Lipinski definition) is 0. The van der Waals surface area contributed by atoms with Crippen LogP contribution in [0.5, 0.6) is 11.5 Å². The molecule has 4 rings (SSSR count). The number of hydrogen-bond acceptors (Lipinski definition) is 7. The molecule has 0 N–H and O–H groups in total. The Balaban J connectivity index is 1.75. The minimum Gasteiger partial charge on any atom is -0.495 e. The van der Waals surface area contributed by atoms with Crippen LogP contribution in [0.25, 0.3) is 28.7 Å². The molecular formula is C19H16ClN5O3. The van der Waals surface area contributed by atoms with E-state index in [-0.39, 0.29) is 5.89 Å². The predicted molar refractivity (Wildman–Crippen MR) is 103 cm³/mol. The maximum Gasteiger partial charge on any atom is 0.280 e. The molecule has 0 unspecified atom stereocenters. The Morgan fingerprint density at radius 1 is 1.04 bits per heavy atom. The van der Waals surface area contributed by atoms with Crippen molar-refractivity contribution in [3.8, 4) is 40.2 Å². The Morgan fingerprint density at radius 2 is 1.79 bits per heavy atom. The van der Waals surface area contributed by atoms with E-state index in [1.54, 1.807) is 31.0 Å². The molecular weight excluding hydrogens is 382 g/mol. The van der Waals surface area contributed by atoms with E-state index < -0.39 is 0 Å². The monoisotopic (exact) mass is 397 g/mol. The average Bonchev–Trinajstić information content (AvgIpc) is 3.35. The molecule has 2 aromatic carbocycles. The maximum absolute atomic E-state index is 6.27. The molecule has 0 atom stereocenters. The fourth-order valence-electron chi connectivity index (χ4n) is 2.79. The summed E-state index contributed by atoms with van der Waals surface area (Å²) in [4.78, 5) is 4.44. The van der Waals surface area contributed by atoms with Gasteiger partial charge in [0, 0.05) is 11.6 Å². The quantitative estimate of drug-likeness (QED) is 0.503. The van der Waals surface area contributed by atoms with Crippen molar-refractivity contribution >= 4 is 11.6 Å². The van der Waals surface area contributed by atoms with Crippen molar-refractivity contribution in [2.45, 2.75) is 6.92 Å². The van der Waals surface area contributed by atoms with Gasteiger partial charge in [0.1, 0.15) is 17.2 Å². The van der Waals surface area contributed by atoms with Crippen LogP contribution in [0.1, 0.15) is 5.69 Å². The summed E-state index contributed by atoms with van der Waals surface area (Å²) < 4.78 is 17.7. The van der Waals surface area contributed by atoms with Gasteiger partial charge in [0.2, 0.25) is 5.82 Å². The van der Waals surface area contributed by atoms with E-state index in [2.05, 4.69) is 20.5 Å². The van der Waals surface area contributed by atoms with Gasteiger partial charge in [0.05, 0.1) is 24.9 Å². The van der Waals surface area contributed by atoms with E-state index in [0.29, 0.717) is 39.4 Å². The van der Waals surface area contributed by atoms with Crippen LogP contribution in [0.15, 0.2) is 47.0 Å². The molecule has 0 saturated carbocycles. The van der Waals surface area contributed by atoms with Gasteiger partial charge in [-0.15, -0.1) is 5.10 Å². The van der Waals surface area contributed by atoms with Crippen LogP contribution in [0.3, 0.4) is 0 Å². The molecule has 4 aromatic rings. The number of aromatic nitrogens is 5. The summed E-state index contributed by atoms with van der Waals surface area (Å²) in [5, 5.41) is 12.9. The van der Waals surface area contributed by atoms with Gasteiger partial charge in [-0.25, -0.2) is 4.68 Å². The van der Waals surface area contributed by atoms with Gasteiger partial charge in [0.25, 0.3) is 5.89 Å². The van der Waals surface area contributed by atoms with Crippen LogP contribution in [-0.2, 0) is 0 Å². The normalized spacial score (nSPS) is 10.9. The summed E-state index contributed by atoms with van der Waals surface area (Å²) in [6.45, 7) is 1.85. The number of ether oxygens (including phenoxy) is 2. The topological polar surface area (TPSA) is 88.1 Å². The Kier molecular flexibility index (Phi) is 4.70. The van der Waals surface area contributed by atoms with Crippen molar-refractivity contribution in [3.05, 3.63) is 53.2 Å². The molecule has 0 amide bonds. The number of benzene rings is 2. The summed E-state index contributed by atoms with van der Waals surface area (Å²) in [6, 6.07) is 12.9. The molecule has 0 bridgehead atoms. The molecule has 0 aliphatic heterocycles. The lowest BCUT2D eigenvalue weighted by molar-refractivity contribution is 0.392. The highest BCUT2D eigenvalue weighted by Crippen LogP contribution is 2.35. The van der Waals surface area contributed by atoms with Crippen molar-refractivity contribution < 1.29 is 14.0 Å². The van der Waals surface area contributed by atoms with E-state index in [9.17, 15) is 0 Å². The van der Waals surface area contributed by atoms with Crippen LogP contribution in [0.4, 0.5) is 0 Å². The van der Waals surface area contributed by atoms with Crippen LogP contribution >= 0.6 is 11.6 Å². The standard InChI is InChI=1S/C19H16ClN5O3/c1-11-17(19-21-18(23-28-19)12-7-5-4-6-8-12)22-24-25(11)14-9-13(20)15(26-2)10-16(14)27-3/h4-10H,1-3H3. The number of halogens is 1.